The van der Waals surface area contributed by atoms with Crippen LogP contribution in [0.4, 0.5) is 45.2 Å². The third-order valence-corrected chi connectivity index (χ3v) is 8.04. The van der Waals surface area contributed by atoms with Crippen molar-refractivity contribution in [3.8, 4) is 22.3 Å². The van der Waals surface area contributed by atoms with Crippen LogP contribution in [0.3, 0.4) is 0 Å². The van der Waals surface area contributed by atoms with Crippen molar-refractivity contribution >= 4 is 23.5 Å². The SMILES string of the molecule is O=C(O)C(F)(F)F.O=C1Nc2ccc(-c3cccc(C(F)(F)F)c3)cc2C(=O)N2CCN(Cc3ccc(-c4cccc(C(F)(F)F)c4)cn3)CC12. The topological polar surface area (TPSA) is 103 Å². The van der Waals surface area contributed by atoms with Gasteiger partial charge in [-0.25, -0.2) is 4.79 Å². The van der Waals surface area contributed by atoms with Gasteiger partial charge in [-0.05, 0) is 59.2 Å². The first-order valence-corrected chi connectivity index (χ1v) is 14.9. The second-order valence-electron chi connectivity index (χ2n) is 11.5. The van der Waals surface area contributed by atoms with Gasteiger partial charge in [0.25, 0.3) is 5.91 Å². The smallest absolute Gasteiger partial charge is 0.475 e. The molecule has 0 bridgehead atoms. The van der Waals surface area contributed by atoms with Crippen molar-refractivity contribution in [1.82, 2.24) is 14.8 Å². The van der Waals surface area contributed by atoms with E-state index < -0.39 is 47.6 Å². The fourth-order valence-electron chi connectivity index (χ4n) is 5.50. The van der Waals surface area contributed by atoms with E-state index in [0.717, 1.165) is 24.3 Å². The van der Waals surface area contributed by atoms with Gasteiger partial charge in [0.15, 0.2) is 0 Å². The Hall–Kier alpha value is -5.45. The molecule has 2 amide bonds. The normalized spacial score (nSPS) is 16.6. The first-order chi connectivity index (χ1) is 23.8. The molecule has 6 rings (SSSR count). The number of fused-ring (bicyclic) bond motifs is 2. The molecule has 3 aromatic carbocycles. The van der Waals surface area contributed by atoms with Gasteiger partial charge < -0.3 is 15.3 Å². The summed E-state index contributed by atoms with van der Waals surface area (Å²) in [5.74, 6) is -3.55. The molecule has 0 radical (unpaired) electrons. The number of carbonyl (C=O) groups excluding carboxylic acids is 2. The summed E-state index contributed by atoms with van der Waals surface area (Å²) in [5.41, 5.74) is 1.18. The maximum atomic E-state index is 13.6. The molecular formula is C34H25F9N4O4. The zero-order chi connectivity index (χ0) is 37.3. The lowest BCUT2D eigenvalue weighted by atomic mass is 9.99. The van der Waals surface area contributed by atoms with Gasteiger partial charge >= 0.3 is 24.5 Å². The van der Waals surface area contributed by atoms with Gasteiger partial charge in [-0.15, -0.1) is 0 Å². The highest BCUT2D eigenvalue weighted by Gasteiger charge is 2.40. The summed E-state index contributed by atoms with van der Waals surface area (Å²) in [6, 6.07) is 17.0. The van der Waals surface area contributed by atoms with E-state index in [4.69, 9.17) is 9.90 Å². The molecule has 2 aliphatic heterocycles. The standard InChI is InChI=1S/C32H24F6N4O2.C2HF3O2/c33-31(34,35)23-5-1-3-19(13-23)21-8-10-27-26(15-21)30(44)42-12-11-41(18-28(42)29(43)40-27)17-25-9-7-22(16-39-25)20-4-2-6-24(14-20)32(36,37)38;3-2(4,5)1(6)7/h1-10,13-16,28H,11-12,17-18H2,(H,40,43);(H,6,7). The molecule has 2 aliphatic rings. The van der Waals surface area contributed by atoms with E-state index in [2.05, 4.69) is 10.3 Å². The summed E-state index contributed by atoms with van der Waals surface area (Å²) in [6.45, 7) is 1.21. The summed E-state index contributed by atoms with van der Waals surface area (Å²) in [4.78, 5) is 43.6. The number of amides is 2. The Labute approximate surface area is 283 Å². The number of carbonyl (C=O) groups is 3. The molecule has 2 N–H and O–H groups in total. The van der Waals surface area contributed by atoms with Crippen LogP contribution in [-0.4, -0.2) is 69.5 Å². The second-order valence-corrected chi connectivity index (χ2v) is 11.5. The molecule has 1 unspecified atom stereocenters. The average Bonchev–Trinajstić information content (AvgIpc) is 3.17. The van der Waals surface area contributed by atoms with E-state index in [1.165, 1.54) is 41.4 Å². The number of aliphatic carboxylic acids is 1. The monoisotopic (exact) mass is 724 g/mol. The average molecular weight is 725 g/mol. The van der Waals surface area contributed by atoms with Crippen LogP contribution in [0.5, 0.6) is 0 Å². The van der Waals surface area contributed by atoms with Crippen molar-refractivity contribution in [2.75, 3.05) is 25.0 Å². The molecule has 0 saturated carbocycles. The summed E-state index contributed by atoms with van der Waals surface area (Å²) in [6.07, 6.45) is -12.6. The van der Waals surface area contributed by atoms with Crippen LogP contribution in [0, 0.1) is 0 Å². The minimum atomic E-state index is -5.08. The van der Waals surface area contributed by atoms with E-state index in [1.807, 2.05) is 4.90 Å². The van der Waals surface area contributed by atoms with Crippen molar-refractivity contribution < 1.29 is 59.0 Å². The molecule has 0 aliphatic carbocycles. The summed E-state index contributed by atoms with van der Waals surface area (Å²) < 4.78 is 111. The summed E-state index contributed by atoms with van der Waals surface area (Å²) in [5, 5.41) is 9.91. The number of piperazine rings is 1. The Kier molecular flexibility index (Phi) is 10.1. The third kappa shape index (κ3) is 8.65. The van der Waals surface area contributed by atoms with E-state index in [0.29, 0.717) is 41.0 Å². The van der Waals surface area contributed by atoms with Crippen LogP contribution < -0.4 is 5.32 Å². The molecular weight excluding hydrogens is 699 g/mol. The number of hydrogen-bond acceptors (Lipinski definition) is 5. The Bertz CT molecular complexity index is 1940. The van der Waals surface area contributed by atoms with Gasteiger partial charge in [0.2, 0.25) is 5.91 Å². The lowest BCUT2D eigenvalue weighted by molar-refractivity contribution is -0.192. The van der Waals surface area contributed by atoms with Gasteiger partial charge in [-0.2, -0.15) is 39.5 Å². The third-order valence-electron chi connectivity index (χ3n) is 8.04. The zero-order valence-corrected chi connectivity index (χ0v) is 25.9. The van der Waals surface area contributed by atoms with Crippen LogP contribution in [0.15, 0.2) is 85.1 Å². The van der Waals surface area contributed by atoms with Gasteiger partial charge in [-0.3, -0.25) is 19.5 Å². The van der Waals surface area contributed by atoms with Crippen molar-refractivity contribution in [2.45, 2.75) is 31.1 Å². The predicted molar refractivity (Wildman–Crippen MR) is 164 cm³/mol. The molecule has 1 aromatic heterocycles. The van der Waals surface area contributed by atoms with Crippen LogP contribution in [-0.2, 0) is 28.5 Å². The molecule has 4 aromatic rings. The number of hydrogen-bond donors (Lipinski definition) is 2. The van der Waals surface area contributed by atoms with Crippen LogP contribution in [0.2, 0.25) is 0 Å². The van der Waals surface area contributed by atoms with Gasteiger partial charge in [0.1, 0.15) is 6.04 Å². The molecule has 1 fully saturated rings. The second kappa shape index (κ2) is 14.0. The minimum Gasteiger partial charge on any atom is -0.475 e. The van der Waals surface area contributed by atoms with Gasteiger partial charge in [0.05, 0.1) is 28.1 Å². The van der Waals surface area contributed by atoms with Crippen molar-refractivity contribution in [1.29, 1.82) is 0 Å². The number of alkyl halides is 9. The van der Waals surface area contributed by atoms with E-state index in [9.17, 15) is 49.1 Å². The molecule has 8 nitrogen and oxygen atoms in total. The van der Waals surface area contributed by atoms with E-state index in [-0.39, 0.29) is 30.2 Å². The van der Waals surface area contributed by atoms with E-state index >= 15 is 0 Å². The number of rotatable bonds is 4. The fraction of sp³-hybridized carbons (Fsp3) is 0.235. The predicted octanol–water partition coefficient (Wildman–Crippen LogP) is 7.37. The summed E-state index contributed by atoms with van der Waals surface area (Å²) in [7, 11) is 0. The highest BCUT2D eigenvalue weighted by atomic mass is 19.4. The maximum absolute atomic E-state index is 13.6. The number of anilines is 1. The zero-order valence-electron chi connectivity index (χ0n) is 25.9. The molecule has 3 heterocycles. The Morgan fingerprint density at radius 1 is 0.765 bits per heavy atom. The first kappa shape index (κ1) is 36.8. The molecule has 17 heteroatoms. The van der Waals surface area contributed by atoms with Crippen LogP contribution in [0.1, 0.15) is 27.2 Å². The maximum Gasteiger partial charge on any atom is 0.490 e. The quantitative estimate of drug-likeness (QED) is 0.213. The Morgan fingerprint density at radius 2 is 1.31 bits per heavy atom. The molecule has 1 atom stereocenters. The molecule has 0 spiro atoms. The number of nitrogens with one attached hydrogen (secondary N) is 1. The number of pyridine rings is 1. The lowest BCUT2D eigenvalue weighted by Gasteiger charge is -2.39. The highest BCUT2D eigenvalue weighted by Crippen LogP contribution is 2.35. The van der Waals surface area contributed by atoms with Gasteiger partial charge in [0, 0.05) is 37.9 Å². The minimum absolute atomic E-state index is 0.191. The largest absolute Gasteiger partial charge is 0.490 e. The number of carboxylic acid groups (broad SMARTS) is 1. The van der Waals surface area contributed by atoms with Gasteiger partial charge in [-0.1, -0.05) is 36.4 Å². The Morgan fingerprint density at radius 3 is 1.84 bits per heavy atom. The van der Waals surface area contributed by atoms with Crippen molar-refractivity contribution in [3.63, 3.8) is 0 Å². The Balaban J connectivity index is 0.000000654. The lowest BCUT2D eigenvalue weighted by Crippen LogP contribution is -2.58. The highest BCUT2D eigenvalue weighted by molar-refractivity contribution is 6.10. The van der Waals surface area contributed by atoms with Crippen LogP contribution in [0.25, 0.3) is 22.3 Å². The number of benzene rings is 3. The molecule has 1 saturated heterocycles. The molecule has 268 valence electrons. The van der Waals surface area contributed by atoms with Crippen LogP contribution >= 0.6 is 0 Å². The van der Waals surface area contributed by atoms with E-state index in [1.54, 1.807) is 24.3 Å². The number of carboxylic acids is 1. The first-order valence-electron chi connectivity index (χ1n) is 14.9. The molecule has 51 heavy (non-hydrogen) atoms. The number of halogens is 9. The van der Waals surface area contributed by atoms with Crippen molar-refractivity contribution in [3.05, 3.63) is 107 Å². The number of aromatic nitrogens is 1. The van der Waals surface area contributed by atoms with Crippen molar-refractivity contribution in [2.24, 2.45) is 0 Å². The number of nitrogens with zero attached hydrogens (tertiary/aromatic N) is 3. The summed E-state index contributed by atoms with van der Waals surface area (Å²) >= 11 is 0. The fourth-order valence-corrected chi connectivity index (χ4v) is 5.50.